The molecule has 0 unspecified atom stereocenters. The Bertz CT molecular complexity index is 629. The highest BCUT2D eigenvalue weighted by molar-refractivity contribution is 5.77. The first-order valence-corrected chi connectivity index (χ1v) is 5.24. The second kappa shape index (κ2) is 5.64. The Morgan fingerprint density at radius 1 is 0.900 bits per heavy atom. The monoisotopic (exact) mass is 287 g/mol. The minimum absolute atomic E-state index is 0.337. The molecule has 1 aromatic carbocycles. The van der Waals surface area contributed by atoms with E-state index in [1.807, 2.05) is 0 Å². The fourth-order valence-corrected chi connectivity index (χ4v) is 1.32. The molecular weight excluding hydrogens is 281 g/mol. The van der Waals surface area contributed by atoms with E-state index in [1.54, 1.807) is 17.6 Å². The number of aromatic nitrogens is 1. The van der Waals surface area contributed by atoms with Crippen molar-refractivity contribution in [2.45, 2.75) is 0 Å². The van der Waals surface area contributed by atoms with Gasteiger partial charge < -0.3 is 0 Å². The van der Waals surface area contributed by atoms with Gasteiger partial charge in [0.15, 0.2) is 23.3 Å². The number of anilines is 1. The molecule has 2 aromatic rings. The van der Waals surface area contributed by atoms with E-state index < -0.39 is 34.8 Å². The van der Waals surface area contributed by atoms with Crippen LogP contribution in [0.25, 0.3) is 0 Å². The Morgan fingerprint density at radius 2 is 1.50 bits per heavy atom. The first kappa shape index (κ1) is 13.9. The van der Waals surface area contributed by atoms with Gasteiger partial charge in [0.2, 0.25) is 5.82 Å². The summed E-state index contributed by atoms with van der Waals surface area (Å²) < 4.78 is 65.1. The average Bonchev–Trinajstić information content (AvgIpc) is 2.48. The minimum atomic E-state index is -2.22. The average molecular weight is 287 g/mol. The van der Waals surface area contributed by atoms with Crippen LogP contribution in [0.4, 0.5) is 27.6 Å². The summed E-state index contributed by atoms with van der Waals surface area (Å²) in [6.07, 6.45) is 2.51. The molecule has 0 atom stereocenters. The Balaban J connectivity index is 2.29. The summed E-state index contributed by atoms with van der Waals surface area (Å²) in [6.45, 7) is 0. The molecular formula is C12H6F5N3. The van der Waals surface area contributed by atoms with Gasteiger partial charge >= 0.3 is 0 Å². The Hall–Kier alpha value is -2.51. The number of pyridine rings is 1. The van der Waals surface area contributed by atoms with Crippen LogP contribution < -0.4 is 5.43 Å². The summed E-state index contributed by atoms with van der Waals surface area (Å²) in [6, 6.07) is 4.80. The van der Waals surface area contributed by atoms with E-state index in [0.29, 0.717) is 5.69 Å². The molecule has 8 heteroatoms. The molecule has 1 N–H and O–H groups in total. The molecule has 0 bridgehead atoms. The maximum atomic E-state index is 13.3. The van der Waals surface area contributed by atoms with Crippen LogP contribution in [0.5, 0.6) is 0 Å². The molecule has 0 aliphatic carbocycles. The molecule has 3 nitrogen and oxygen atoms in total. The third kappa shape index (κ3) is 2.58. The van der Waals surface area contributed by atoms with Gasteiger partial charge in [-0.2, -0.15) is 5.10 Å². The van der Waals surface area contributed by atoms with Crippen molar-refractivity contribution in [3.63, 3.8) is 0 Å². The molecule has 0 aliphatic heterocycles. The summed E-state index contributed by atoms with van der Waals surface area (Å²) in [7, 11) is 0. The van der Waals surface area contributed by atoms with Crippen molar-refractivity contribution < 1.29 is 22.0 Å². The quantitative estimate of drug-likeness (QED) is 0.309. The van der Waals surface area contributed by atoms with Crippen molar-refractivity contribution >= 4 is 11.9 Å². The lowest BCUT2D eigenvalue weighted by atomic mass is 10.2. The van der Waals surface area contributed by atoms with Crippen molar-refractivity contribution in [1.82, 2.24) is 4.98 Å². The van der Waals surface area contributed by atoms with Crippen LogP contribution >= 0.6 is 0 Å². The zero-order chi connectivity index (χ0) is 14.7. The molecule has 0 saturated heterocycles. The van der Waals surface area contributed by atoms with Gasteiger partial charge in [-0.25, -0.2) is 22.0 Å². The number of hydrogen-bond donors (Lipinski definition) is 1. The van der Waals surface area contributed by atoms with E-state index in [9.17, 15) is 22.0 Å². The fraction of sp³-hybridized carbons (Fsp3) is 0. The van der Waals surface area contributed by atoms with E-state index >= 15 is 0 Å². The number of hydrogen-bond acceptors (Lipinski definition) is 3. The highest BCUT2D eigenvalue weighted by Crippen LogP contribution is 2.26. The van der Waals surface area contributed by atoms with Crippen molar-refractivity contribution in [3.8, 4) is 0 Å². The predicted octanol–water partition coefficient (Wildman–Crippen LogP) is 3.22. The molecule has 0 saturated carbocycles. The van der Waals surface area contributed by atoms with E-state index in [1.165, 1.54) is 12.3 Å². The minimum Gasteiger partial charge on any atom is -0.272 e. The second-order valence-corrected chi connectivity index (χ2v) is 3.57. The van der Waals surface area contributed by atoms with Crippen molar-refractivity contribution in [2.24, 2.45) is 5.10 Å². The molecule has 0 fully saturated rings. The largest absolute Gasteiger partial charge is 0.272 e. The van der Waals surface area contributed by atoms with Gasteiger partial charge in [-0.1, -0.05) is 6.07 Å². The Morgan fingerprint density at radius 3 is 2.05 bits per heavy atom. The molecule has 1 heterocycles. The number of halogens is 5. The van der Waals surface area contributed by atoms with Gasteiger partial charge in [0.05, 0.1) is 11.9 Å². The predicted molar refractivity (Wildman–Crippen MR) is 61.7 cm³/mol. The summed E-state index contributed by atoms with van der Waals surface area (Å²) in [5.41, 5.74) is 0.880. The van der Waals surface area contributed by atoms with Crippen LogP contribution in [0.3, 0.4) is 0 Å². The summed E-state index contributed by atoms with van der Waals surface area (Å²) in [4.78, 5) is 3.82. The van der Waals surface area contributed by atoms with E-state index in [4.69, 9.17) is 0 Å². The molecule has 0 radical (unpaired) electrons. The zero-order valence-electron chi connectivity index (χ0n) is 9.67. The second-order valence-electron chi connectivity index (χ2n) is 3.57. The number of rotatable bonds is 3. The lowest BCUT2D eigenvalue weighted by molar-refractivity contribution is 0.381. The number of nitrogens with one attached hydrogen (secondary N) is 1. The Labute approximate surface area is 109 Å². The van der Waals surface area contributed by atoms with Gasteiger partial charge in [-0.05, 0) is 12.1 Å². The van der Waals surface area contributed by atoms with Crippen molar-refractivity contribution in [1.29, 1.82) is 0 Å². The summed E-state index contributed by atoms with van der Waals surface area (Å²) in [5.74, 6) is -10.3. The summed E-state index contributed by atoms with van der Waals surface area (Å²) in [5, 5.41) is 3.37. The number of hydrazone groups is 1. The van der Waals surface area contributed by atoms with Gasteiger partial charge in [0.1, 0.15) is 5.69 Å². The highest BCUT2D eigenvalue weighted by Gasteiger charge is 2.25. The third-order valence-electron chi connectivity index (χ3n) is 2.27. The molecule has 0 spiro atoms. The molecule has 104 valence electrons. The van der Waals surface area contributed by atoms with Gasteiger partial charge in [0, 0.05) is 6.20 Å². The number of nitrogens with zero attached hydrogens (tertiary/aromatic N) is 2. The zero-order valence-corrected chi connectivity index (χ0v) is 9.67. The smallest absolute Gasteiger partial charge is 0.200 e. The van der Waals surface area contributed by atoms with E-state index in [-0.39, 0.29) is 0 Å². The van der Waals surface area contributed by atoms with Crippen LogP contribution in [-0.2, 0) is 0 Å². The first-order chi connectivity index (χ1) is 9.52. The first-order valence-electron chi connectivity index (χ1n) is 5.24. The molecule has 20 heavy (non-hydrogen) atoms. The third-order valence-corrected chi connectivity index (χ3v) is 2.27. The molecule has 2 rings (SSSR count). The van der Waals surface area contributed by atoms with Crippen LogP contribution in [0.2, 0.25) is 0 Å². The van der Waals surface area contributed by atoms with Crippen molar-refractivity contribution in [2.75, 3.05) is 5.43 Å². The summed E-state index contributed by atoms with van der Waals surface area (Å²) >= 11 is 0. The fourth-order valence-electron chi connectivity index (χ4n) is 1.32. The molecule has 0 amide bonds. The van der Waals surface area contributed by atoms with Gasteiger partial charge in [-0.15, -0.1) is 0 Å². The topological polar surface area (TPSA) is 37.3 Å². The Kier molecular flexibility index (Phi) is 3.92. The van der Waals surface area contributed by atoms with Gasteiger partial charge in [0.25, 0.3) is 0 Å². The lowest BCUT2D eigenvalue weighted by Gasteiger charge is -2.06. The van der Waals surface area contributed by atoms with Crippen LogP contribution in [-0.4, -0.2) is 11.2 Å². The van der Waals surface area contributed by atoms with E-state index in [2.05, 4.69) is 10.1 Å². The maximum absolute atomic E-state index is 13.3. The van der Waals surface area contributed by atoms with E-state index in [0.717, 1.165) is 6.21 Å². The molecule has 0 aliphatic rings. The van der Waals surface area contributed by atoms with Crippen LogP contribution in [0.1, 0.15) is 5.69 Å². The standard InChI is InChI=1S/C12H6F5N3/c13-7-8(14)10(16)12(11(17)9(7)15)20-19-5-6-3-1-2-4-18-6/h1-5,20H/b19-5-. The van der Waals surface area contributed by atoms with Crippen LogP contribution in [0, 0.1) is 29.1 Å². The lowest BCUT2D eigenvalue weighted by Crippen LogP contribution is -2.06. The highest BCUT2D eigenvalue weighted by atomic mass is 19.2. The van der Waals surface area contributed by atoms with Crippen molar-refractivity contribution in [3.05, 3.63) is 59.2 Å². The SMILES string of the molecule is Fc1c(F)c(F)c(N/N=C\c2ccccn2)c(F)c1F. The van der Waals surface area contributed by atoms with Crippen LogP contribution in [0.15, 0.2) is 29.5 Å². The number of benzene rings is 1. The maximum Gasteiger partial charge on any atom is 0.200 e. The normalized spacial score (nSPS) is 11.1. The molecule has 1 aromatic heterocycles. The van der Waals surface area contributed by atoms with Gasteiger partial charge in [-0.3, -0.25) is 10.4 Å².